The van der Waals surface area contributed by atoms with E-state index in [0.717, 1.165) is 23.6 Å². The van der Waals surface area contributed by atoms with Gasteiger partial charge in [-0.05, 0) is 72.8 Å². The molecule has 0 aliphatic heterocycles. The van der Waals surface area contributed by atoms with Gasteiger partial charge >= 0.3 is 0 Å². The molecule has 0 saturated carbocycles. The van der Waals surface area contributed by atoms with Crippen molar-refractivity contribution in [2.24, 2.45) is 11.7 Å². The van der Waals surface area contributed by atoms with Crippen molar-refractivity contribution >= 4 is 46.3 Å². The third kappa shape index (κ3) is 7.05. The molecule has 2 aromatic carbocycles. The van der Waals surface area contributed by atoms with Gasteiger partial charge in [-0.3, -0.25) is 19.3 Å². The molecule has 0 unspecified atom stereocenters. The van der Waals surface area contributed by atoms with Crippen LogP contribution in [-0.2, 0) is 4.79 Å². The minimum absolute atomic E-state index is 0.0163. The molecule has 0 fully saturated rings. The Kier molecular flexibility index (Phi) is 9.89. The van der Waals surface area contributed by atoms with Gasteiger partial charge in [0.05, 0.1) is 12.3 Å². The van der Waals surface area contributed by atoms with Crippen molar-refractivity contribution in [1.29, 1.82) is 0 Å². The molecular weight excluding hydrogens is 516 g/mol. The Labute approximate surface area is 233 Å². The first-order valence-electron chi connectivity index (χ1n) is 12.7. The SMILES string of the molecule is CCOc1ccc(N(C(=O)c2snc(C(N)=O)c2N)[C@@H](C(=O)NCCC(C)C)c2ccc(N(C)C)cc2)cc1. The number of nitrogens with zero attached hydrogens (tertiary/aromatic N) is 3. The van der Waals surface area contributed by atoms with Crippen LogP contribution >= 0.6 is 11.5 Å². The monoisotopic (exact) mass is 552 g/mol. The fourth-order valence-electron chi connectivity index (χ4n) is 3.94. The summed E-state index contributed by atoms with van der Waals surface area (Å²) in [7, 11) is 3.84. The number of anilines is 3. The minimum atomic E-state index is -1.04. The number of ether oxygens (including phenoxy) is 1. The molecule has 0 aliphatic rings. The molecule has 1 atom stereocenters. The lowest BCUT2D eigenvalue weighted by molar-refractivity contribution is -0.122. The number of amides is 3. The number of nitrogens with two attached hydrogens (primary N) is 2. The van der Waals surface area contributed by atoms with Crippen molar-refractivity contribution in [2.45, 2.75) is 33.2 Å². The number of carbonyl (C=O) groups is 3. The molecule has 3 rings (SSSR count). The Hall–Kier alpha value is -4.12. The average Bonchev–Trinajstić information content (AvgIpc) is 3.29. The van der Waals surface area contributed by atoms with Crippen molar-refractivity contribution in [2.75, 3.05) is 42.8 Å². The van der Waals surface area contributed by atoms with Gasteiger partial charge in [-0.15, -0.1) is 0 Å². The van der Waals surface area contributed by atoms with Gasteiger partial charge in [-0.2, -0.15) is 4.37 Å². The van der Waals surface area contributed by atoms with Crippen LogP contribution in [0.5, 0.6) is 5.75 Å². The highest BCUT2D eigenvalue weighted by Crippen LogP contribution is 2.34. The Morgan fingerprint density at radius 2 is 1.64 bits per heavy atom. The van der Waals surface area contributed by atoms with Crippen LogP contribution < -0.4 is 31.3 Å². The van der Waals surface area contributed by atoms with Gasteiger partial charge in [0.2, 0.25) is 5.91 Å². The number of nitrogens with one attached hydrogen (secondary N) is 1. The Bertz CT molecular complexity index is 1290. The molecule has 1 aromatic heterocycles. The molecule has 0 aliphatic carbocycles. The second-order valence-corrected chi connectivity index (χ2v) is 10.4. The normalized spacial score (nSPS) is 11.6. The predicted molar refractivity (Wildman–Crippen MR) is 155 cm³/mol. The number of benzene rings is 2. The van der Waals surface area contributed by atoms with E-state index in [1.54, 1.807) is 24.3 Å². The van der Waals surface area contributed by atoms with Gasteiger partial charge in [0, 0.05) is 32.0 Å². The van der Waals surface area contributed by atoms with E-state index in [1.165, 1.54) is 4.90 Å². The molecule has 3 aromatic rings. The highest BCUT2D eigenvalue weighted by Gasteiger charge is 2.36. The lowest BCUT2D eigenvalue weighted by Crippen LogP contribution is -2.44. The van der Waals surface area contributed by atoms with Crippen molar-refractivity contribution in [3.63, 3.8) is 0 Å². The molecule has 0 bridgehead atoms. The fraction of sp³-hybridized carbons (Fsp3) is 0.357. The molecule has 1 heterocycles. The predicted octanol–water partition coefficient (Wildman–Crippen LogP) is 3.84. The summed E-state index contributed by atoms with van der Waals surface area (Å²) in [5.41, 5.74) is 13.2. The van der Waals surface area contributed by atoms with Crippen LogP contribution in [0.25, 0.3) is 0 Å². The molecule has 0 radical (unpaired) electrons. The summed E-state index contributed by atoms with van der Waals surface area (Å²) in [4.78, 5) is 43.1. The first-order chi connectivity index (χ1) is 18.5. The maximum atomic E-state index is 14.1. The Balaban J connectivity index is 2.17. The summed E-state index contributed by atoms with van der Waals surface area (Å²) in [6.45, 7) is 6.95. The summed E-state index contributed by atoms with van der Waals surface area (Å²) in [6, 6.07) is 13.2. The fourth-order valence-corrected chi connectivity index (χ4v) is 4.69. The molecule has 5 N–H and O–H groups in total. The van der Waals surface area contributed by atoms with Crippen molar-refractivity contribution in [1.82, 2.24) is 9.69 Å². The number of hydrogen-bond donors (Lipinski definition) is 3. The average molecular weight is 553 g/mol. The Morgan fingerprint density at radius 3 is 2.15 bits per heavy atom. The molecule has 3 amide bonds. The third-order valence-corrected chi connectivity index (χ3v) is 6.90. The number of primary amides is 1. The number of aromatic nitrogens is 1. The van der Waals surface area contributed by atoms with Crippen LogP contribution in [0, 0.1) is 5.92 Å². The summed E-state index contributed by atoms with van der Waals surface area (Å²) < 4.78 is 9.57. The summed E-state index contributed by atoms with van der Waals surface area (Å²) >= 11 is 0.769. The molecule has 0 spiro atoms. The van der Waals surface area contributed by atoms with Crippen LogP contribution in [0.1, 0.15) is 59.0 Å². The van der Waals surface area contributed by atoms with E-state index in [4.69, 9.17) is 16.2 Å². The van der Waals surface area contributed by atoms with Gasteiger partial charge < -0.3 is 26.4 Å². The van der Waals surface area contributed by atoms with Crippen molar-refractivity contribution in [3.05, 3.63) is 64.7 Å². The number of rotatable bonds is 12. The van der Waals surface area contributed by atoms with Crippen LogP contribution in [-0.4, -0.2) is 49.3 Å². The molecule has 0 saturated heterocycles. The maximum absolute atomic E-state index is 14.1. The first-order valence-corrected chi connectivity index (χ1v) is 13.5. The van der Waals surface area contributed by atoms with E-state index in [1.807, 2.05) is 50.2 Å². The number of carbonyl (C=O) groups excluding carboxylic acids is 3. The highest BCUT2D eigenvalue weighted by atomic mass is 32.1. The van der Waals surface area contributed by atoms with E-state index in [2.05, 4.69) is 23.5 Å². The van der Waals surface area contributed by atoms with Crippen LogP contribution in [0.2, 0.25) is 0 Å². The van der Waals surface area contributed by atoms with E-state index >= 15 is 0 Å². The Morgan fingerprint density at radius 1 is 1.03 bits per heavy atom. The van der Waals surface area contributed by atoms with Crippen molar-refractivity contribution in [3.8, 4) is 5.75 Å². The quantitative estimate of drug-likeness (QED) is 0.310. The molecule has 39 heavy (non-hydrogen) atoms. The number of nitrogen functional groups attached to an aromatic ring is 1. The molecular formula is C28H36N6O4S. The largest absolute Gasteiger partial charge is 0.494 e. The zero-order valence-electron chi connectivity index (χ0n) is 22.9. The molecule has 11 heteroatoms. The summed E-state index contributed by atoms with van der Waals surface area (Å²) in [6.07, 6.45) is 0.777. The zero-order chi connectivity index (χ0) is 28.7. The molecule has 208 valence electrons. The van der Waals surface area contributed by atoms with Crippen molar-refractivity contribution < 1.29 is 19.1 Å². The first kappa shape index (κ1) is 29.4. The van der Waals surface area contributed by atoms with E-state index < -0.39 is 17.9 Å². The van der Waals surface area contributed by atoms with Gasteiger partial charge in [0.25, 0.3) is 11.8 Å². The molecule has 10 nitrogen and oxygen atoms in total. The van der Waals surface area contributed by atoms with Gasteiger partial charge in [-0.25, -0.2) is 0 Å². The van der Waals surface area contributed by atoms with E-state index in [9.17, 15) is 14.4 Å². The standard InChI is InChI=1S/C28H36N6O4S/c1-6-38-21-13-11-20(12-14-21)34(28(37)25-22(29)23(26(30)35)32-39-25)24(27(36)31-16-15-17(2)3)18-7-9-19(10-8-18)33(4)5/h7-14,17,24H,6,15-16,29H2,1-5H3,(H2,30,35)(H,31,36)/t24-/m1/s1. The van der Waals surface area contributed by atoms with Crippen LogP contribution in [0.15, 0.2) is 48.5 Å². The topological polar surface area (TPSA) is 144 Å². The summed E-state index contributed by atoms with van der Waals surface area (Å²) in [5.74, 6) is -0.764. The van der Waals surface area contributed by atoms with Crippen LogP contribution in [0.3, 0.4) is 0 Å². The second-order valence-electron chi connectivity index (χ2n) is 9.60. The lowest BCUT2D eigenvalue weighted by atomic mass is 10.0. The maximum Gasteiger partial charge on any atom is 0.273 e. The lowest BCUT2D eigenvalue weighted by Gasteiger charge is -2.31. The van der Waals surface area contributed by atoms with Gasteiger partial charge in [0.1, 0.15) is 16.7 Å². The summed E-state index contributed by atoms with van der Waals surface area (Å²) in [5, 5.41) is 2.99. The highest BCUT2D eigenvalue weighted by molar-refractivity contribution is 7.09. The smallest absolute Gasteiger partial charge is 0.273 e. The second kappa shape index (κ2) is 13.1. The minimum Gasteiger partial charge on any atom is -0.494 e. The van der Waals surface area contributed by atoms with E-state index in [0.29, 0.717) is 36.1 Å². The third-order valence-electron chi connectivity index (χ3n) is 6.05. The van der Waals surface area contributed by atoms with Gasteiger partial charge in [-0.1, -0.05) is 26.0 Å². The van der Waals surface area contributed by atoms with E-state index in [-0.39, 0.29) is 22.2 Å². The number of hydrogen-bond acceptors (Lipinski definition) is 8. The zero-order valence-corrected chi connectivity index (χ0v) is 23.7. The van der Waals surface area contributed by atoms with Crippen LogP contribution in [0.4, 0.5) is 17.1 Å². The van der Waals surface area contributed by atoms with Gasteiger partial charge in [0.15, 0.2) is 5.69 Å².